The minimum absolute atomic E-state index is 0.323. The highest BCUT2D eigenvalue weighted by Gasteiger charge is 2.23. The third-order valence-corrected chi connectivity index (χ3v) is 9.90. The van der Waals surface area contributed by atoms with E-state index < -0.39 is 0 Å². The van der Waals surface area contributed by atoms with Gasteiger partial charge in [-0.3, -0.25) is 0 Å². The first-order chi connectivity index (χ1) is 23.3. The predicted molar refractivity (Wildman–Crippen MR) is 203 cm³/mol. The fraction of sp³-hybridized carbons (Fsp3) is 0.311. The van der Waals surface area contributed by atoms with E-state index in [2.05, 4.69) is 120 Å². The number of aromatic nitrogens is 1. The molecule has 0 amide bonds. The number of rotatable bonds is 11. The number of para-hydroxylation sites is 2. The Kier molecular flexibility index (Phi) is 9.87. The fourth-order valence-electron chi connectivity index (χ4n) is 7.74. The van der Waals surface area contributed by atoms with Gasteiger partial charge in [-0.2, -0.15) is 0 Å². The molecular formula is C45H49NO2. The van der Waals surface area contributed by atoms with Crippen molar-refractivity contribution >= 4 is 27.8 Å². The van der Waals surface area contributed by atoms with E-state index in [1.54, 1.807) is 0 Å². The summed E-state index contributed by atoms with van der Waals surface area (Å²) in [5.74, 6) is 0.850. The third-order valence-electron chi connectivity index (χ3n) is 9.90. The van der Waals surface area contributed by atoms with Crippen molar-refractivity contribution in [3.8, 4) is 22.6 Å². The normalized spacial score (nSPS) is 11.6. The molecule has 0 atom stereocenters. The number of ether oxygens (including phenoxy) is 1. The molecule has 0 N–H and O–H groups in total. The van der Waals surface area contributed by atoms with Crippen molar-refractivity contribution in [2.24, 2.45) is 0 Å². The molecule has 3 heteroatoms. The summed E-state index contributed by atoms with van der Waals surface area (Å²) in [4.78, 5) is 13.7. The maximum Gasteiger partial charge on any atom is 0.343 e. The highest BCUT2D eigenvalue weighted by molar-refractivity contribution is 6.09. The molecule has 0 bridgehead atoms. The van der Waals surface area contributed by atoms with Crippen molar-refractivity contribution in [1.29, 1.82) is 0 Å². The summed E-state index contributed by atoms with van der Waals surface area (Å²) in [6.07, 6.45) is 5.77. The van der Waals surface area contributed by atoms with Crippen molar-refractivity contribution in [3.63, 3.8) is 0 Å². The fourth-order valence-corrected chi connectivity index (χ4v) is 7.74. The van der Waals surface area contributed by atoms with Crippen LogP contribution in [0.3, 0.4) is 0 Å². The van der Waals surface area contributed by atoms with E-state index in [-0.39, 0.29) is 5.97 Å². The van der Waals surface area contributed by atoms with Crippen molar-refractivity contribution in [2.45, 2.75) is 92.9 Å². The zero-order valence-corrected chi connectivity index (χ0v) is 29.7. The monoisotopic (exact) mass is 635 g/mol. The van der Waals surface area contributed by atoms with Crippen LogP contribution in [0.5, 0.6) is 5.75 Å². The quantitative estimate of drug-likeness (QED) is 0.105. The van der Waals surface area contributed by atoms with E-state index in [0.717, 1.165) is 66.4 Å². The molecule has 246 valence electrons. The van der Waals surface area contributed by atoms with E-state index in [4.69, 9.17) is 4.74 Å². The van der Waals surface area contributed by atoms with Crippen LogP contribution in [-0.4, -0.2) is 10.5 Å². The van der Waals surface area contributed by atoms with Gasteiger partial charge in [-0.25, -0.2) is 4.79 Å². The zero-order chi connectivity index (χ0) is 33.9. The predicted octanol–water partition coefficient (Wildman–Crippen LogP) is 12.0. The van der Waals surface area contributed by atoms with Gasteiger partial charge >= 0.3 is 5.97 Å². The van der Waals surface area contributed by atoms with Crippen LogP contribution >= 0.6 is 0 Å². The molecule has 0 unspecified atom stereocenters. The number of hydrogen-bond donors (Lipinski definition) is 0. The van der Waals surface area contributed by atoms with Crippen LogP contribution < -0.4 is 4.74 Å². The standard InChI is InChI=1S/C45H49NO2/c1-8-17-34-26-30(9-2)42(29(6)7)37(12-5)43(34)35-27-31(10-3)44(32(11-4)28-35)48-45(47)33-22-24-36(25-23-33)46-40-20-15-13-18-38(40)39-19-14-16-21-41(39)46/h13-16,18-29H,8-12,17H2,1-7H3. The average molecular weight is 636 g/mol. The van der Waals surface area contributed by atoms with Crippen LogP contribution in [0.2, 0.25) is 0 Å². The highest BCUT2D eigenvalue weighted by atomic mass is 16.5. The Balaban J connectivity index is 1.38. The van der Waals surface area contributed by atoms with Crippen molar-refractivity contribution in [2.75, 3.05) is 0 Å². The molecule has 1 aromatic heterocycles. The Morgan fingerprint density at radius 2 is 1.23 bits per heavy atom. The van der Waals surface area contributed by atoms with Gasteiger partial charge in [-0.05, 0) is 131 Å². The Hall–Kier alpha value is -4.63. The molecule has 6 aromatic rings. The Bertz CT molecular complexity index is 2020. The number of carbonyl (C=O) groups excluding carboxylic acids is 1. The van der Waals surface area contributed by atoms with Crippen LogP contribution in [0.1, 0.15) is 105 Å². The summed E-state index contributed by atoms with van der Waals surface area (Å²) >= 11 is 0. The van der Waals surface area contributed by atoms with E-state index in [1.165, 1.54) is 44.2 Å². The molecule has 0 saturated heterocycles. The van der Waals surface area contributed by atoms with E-state index in [0.29, 0.717) is 17.2 Å². The topological polar surface area (TPSA) is 31.2 Å². The van der Waals surface area contributed by atoms with Crippen molar-refractivity contribution in [3.05, 3.63) is 130 Å². The highest BCUT2D eigenvalue weighted by Crippen LogP contribution is 2.41. The largest absolute Gasteiger partial charge is 0.422 e. The Labute approximate surface area is 286 Å². The molecule has 3 nitrogen and oxygen atoms in total. The summed E-state index contributed by atoms with van der Waals surface area (Å²) in [6, 6.07) is 31.8. The van der Waals surface area contributed by atoms with Crippen LogP contribution in [0, 0.1) is 0 Å². The number of carbonyl (C=O) groups is 1. The van der Waals surface area contributed by atoms with Crippen LogP contribution in [0.25, 0.3) is 38.6 Å². The second-order valence-corrected chi connectivity index (χ2v) is 13.2. The molecule has 0 radical (unpaired) electrons. The van der Waals surface area contributed by atoms with E-state index in [9.17, 15) is 4.79 Å². The molecular weight excluding hydrogens is 587 g/mol. The molecule has 0 aliphatic rings. The van der Waals surface area contributed by atoms with Crippen molar-refractivity contribution < 1.29 is 9.53 Å². The summed E-state index contributed by atoms with van der Waals surface area (Å²) in [6.45, 7) is 15.8. The van der Waals surface area contributed by atoms with Crippen LogP contribution in [-0.2, 0) is 32.1 Å². The lowest BCUT2D eigenvalue weighted by Gasteiger charge is -2.25. The average Bonchev–Trinajstić information content (AvgIpc) is 3.45. The smallest absolute Gasteiger partial charge is 0.343 e. The maximum absolute atomic E-state index is 13.7. The molecule has 1 heterocycles. The first-order valence-electron chi connectivity index (χ1n) is 18.0. The van der Waals surface area contributed by atoms with Gasteiger partial charge < -0.3 is 9.30 Å². The number of esters is 1. The zero-order valence-electron chi connectivity index (χ0n) is 29.7. The van der Waals surface area contributed by atoms with Gasteiger partial charge in [0.15, 0.2) is 0 Å². The van der Waals surface area contributed by atoms with Crippen molar-refractivity contribution in [1.82, 2.24) is 4.57 Å². The van der Waals surface area contributed by atoms with Gasteiger partial charge in [0, 0.05) is 16.5 Å². The lowest BCUT2D eigenvalue weighted by atomic mass is 9.80. The second-order valence-electron chi connectivity index (χ2n) is 13.2. The maximum atomic E-state index is 13.7. The third kappa shape index (κ3) is 5.96. The van der Waals surface area contributed by atoms with Gasteiger partial charge in [0.25, 0.3) is 0 Å². The molecule has 5 aromatic carbocycles. The summed E-state index contributed by atoms with van der Waals surface area (Å²) in [5, 5.41) is 2.43. The van der Waals surface area contributed by atoms with Gasteiger partial charge in [-0.15, -0.1) is 0 Å². The van der Waals surface area contributed by atoms with Crippen LogP contribution in [0.15, 0.2) is 91.0 Å². The lowest BCUT2D eigenvalue weighted by Crippen LogP contribution is -2.12. The van der Waals surface area contributed by atoms with Gasteiger partial charge in [-0.1, -0.05) is 97.4 Å². The Morgan fingerprint density at radius 1 is 0.667 bits per heavy atom. The lowest BCUT2D eigenvalue weighted by molar-refractivity contribution is 0.0731. The molecule has 6 rings (SSSR count). The first kappa shape index (κ1) is 33.3. The number of hydrogen-bond acceptors (Lipinski definition) is 2. The van der Waals surface area contributed by atoms with E-state index >= 15 is 0 Å². The second kappa shape index (κ2) is 14.2. The van der Waals surface area contributed by atoms with Crippen LogP contribution in [0.4, 0.5) is 0 Å². The number of benzene rings is 5. The number of fused-ring (bicyclic) bond motifs is 3. The number of aryl methyl sites for hydroxylation is 4. The van der Waals surface area contributed by atoms with Gasteiger partial charge in [0.05, 0.1) is 16.6 Å². The molecule has 0 saturated carbocycles. The summed E-state index contributed by atoms with van der Waals surface area (Å²) in [7, 11) is 0. The number of nitrogens with zero attached hydrogens (tertiary/aromatic N) is 1. The SMILES string of the molecule is CCCc1cc(CC)c(C(C)C)c(CC)c1-c1cc(CC)c(OC(=O)c2ccc(-n3c4ccccc4c4ccccc43)cc2)c(CC)c1. The molecule has 0 aliphatic carbocycles. The molecule has 0 spiro atoms. The summed E-state index contributed by atoms with van der Waals surface area (Å²) < 4.78 is 8.56. The minimum Gasteiger partial charge on any atom is -0.422 e. The molecule has 48 heavy (non-hydrogen) atoms. The minimum atomic E-state index is -0.323. The van der Waals surface area contributed by atoms with E-state index in [1.807, 2.05) is 24.3 Å². The first-order valence-corrected chi connectivity index (χ1v) is 18.0. The molecule has 0 fully saturated rings. The summed E-state index contributed by atoms with van der Waals surface area (Å²) in [5.41, 5.74) is 14.6. The van der Waals surface area contributed by atoms with Gasteiger partial charge in [0.1, 0.15) is 5.75 Å². The van der Waals surface area contributed by atoms with Gasteiger partial charge in [0.2, 0.25) is 0 Å². The molecule has 0 aliphatic heterocycles. The Morgan fingerprint density at radius 3 is 1.73 bits per heavy atom.